The molecule has 0 aliphatic heterocycles. The minimum Gasteiger partial charge on any atom is -0.358 e. The zero-order valence-electron chi connectivity index (χ0n) is 21.5. The number of aryl methyl sites for hydroxylation is 1. The Balaban J connectivity index is 1.20. The van der Waals surface area contributed by atoms with Crippen LogP contribution in [0.5, 0.6) is 0 Å². The average molecular weight is 503 g/mol. The third kappa shape index (κ3) is 4.70. The van der Waals surface area contributed by atoms with Crippen LogP contribution in [0.2, 0.25) is 0 Å². The summed E-state index contributed by atoms with van der Waals surface area (Å²) in [6.45, 7) is -2.38. The zero-order valence-corrected chi connectivity index (χ0v) is 18.5. The summed E-state index contributed by atoms with van der Waals surface area (Å²) in [5.41, 5.74) is -0.405. The van der Waals surface area contributed by atoms with Crippen molar-refractivity contribution in [2.45, 2.75) is 37.3 Å². The maximum absolute atomic E-state index is 14.8. The Morgan fingerprint density at radius 2 is 1.97 bits per heavy atom. The van der Waals surface area contributed by atoms with Crippen LogP contribution < -0.4 is 5.32 Å². The number of aromatic nitrogens is 5. The van der Waals surface area contributed by atoms with E-state index in [1.54, 1.807) is 6.07 Å². The molecule has 0 saturated heterocycles. The molecule has 36 heavy (non-hydrogen) atoms. The summed E-state index contributed by atoms with van der Waals surface area (Å²) in [5, 5.41) is 9.64. The van der Waals surface area contributed by atoms with Gasteiger partial charge in [-0.05, 0) is 35.6 Å². The molecule has 1 aliphatic rings. The molecular formula is C24H20F4N6O2. The highest BCUT2D eigenvalue weighted by Gasteiger charge is 2.66. The van der Waals surface area contributed by atoms with Gasteiger partial charge in [0.05, 0.1) is 12.6 Å². The van der Waals surface area contributed by atoms with Gasteiger partial charge in [-0.15, -0.1) is 0 Å². The second-order valence-electron chi connectivity index (χ2n) is 8.55. The molecule has 0 unspecified atom stereocenters. The van der Waals surface area contributed by atoms with Crippen LogP contribution in [-0.2, 0) is 30.0 Å². The maximum atomic E-state index is 14.8. The number of nitrogens with zero attached hydrogens (tertiary/aromatic N) is 5. The van der Waals surface area contributed by atoms with Crippen LogP contribution in [0.15, 0.2) is 53.6 Å². The third-order valence-corrected chi connectivity index (χ3v) is 5.98. The molecule has 12 heteroatoms. The van der Waals surface area contributed by atoms with Crippen LogP contribution in [0.1, 0.15) is 39.7 Å². The molecule has 0 spiro atoms. The van der Waals surface area contributed by atoms with Crippen molar-refractivity contribution in [1.29, 1.82) is 0 Å². The first-order valence-corrected chi connectivity index (χ1v) is 10.8. The zero-order chi connectivity index (χ0) is 28.0. The van der Waals surface area contributed by atoms with Gasteiger partial charge in [-0.25, -0.2) is 14.4 Å². The highest BCUT2D eigenvalue weighted by Crippen LogP contribution is 2.59. The number of benzene rings is 1. The first kappa shape index (κ1) is 20.1. The normalized spacial score (nSPS) is 16.2. The van der Waals surface area contributed by atoms with Gasteiger partial charge in [-0.1, -0.05) is 17.3 Å². The number of nitrogens with one attached hydrogen (secondary N) is 1. The summed E-state index contributed by atoms with van der Waals surface area (Å²) >= 11 is 0. The summed E-state index contributed by atoms with van der Waals surface area (Å²) in [4.78, 5) is 20.9. The molecule has 8 nitrogen and oxygen atoms in total. The Morgan fingerprint density at radius 1 is 1.19 bits per heavy atom. The number of anilines is 1. The van der Waals surface area contributed by atoms with Crippen molar-refractivity contribution in [2.24, 2.45) is 6.98 Å². The summed E-state index contributed by atoms with van der Waals surface area (Å²) in [6.07, 6.45) is 0.979. The lowest BCUT2D eigenvalue weighted by Gasteiger charge is -2.14. The Bertz CT molecular complexity index is 1510. The molecule has 5 rings (SSSR count). The Labute approximate surface area is 206 Å². The predicted octanol–water partition coefficient (Wildman–Crippen LogP) is 4.37. The number of carbonyl (C=O) groups excluding carboxylic acids is 1. The summed E-state index contributed by atoms with van der Waals surface area (Å²) in [7, 11) is 0. The molecule has 1 aromatic carbocycles. The first-order chi connectivity index (χ1) is 18.3. The minimum absolute atomic E-state index is 0.0673. The van der Waals surface area contributed by atoms with E-state index in [1.165, 1.54) is 36.9 Å². The predicted molar refractivity (Wildman–Crippen MR) is 119 cm³/mol. The maximum Gasteiger partial charge on any atom is 0.401 e. The molecule has 4 aromatic rings. The number of amides is 1. The van der Waals surface area contributed by atoms with Crippen LogP contribution in [-0.4, -0.2) is 37.0 Å². The van der Waals surface area contributed by atoms with Gasteiger partial charge >= 0.3 is 6.18 Å². The summed E-state index contributed by atoms with van der Waals surface area (Å²) in [6, 6.07) is 5.26. The molecule has 0 atom stereocenters. The van der Waals surface area contributed by atoms with Gasteiger partial charge in [0.15, 0.2) is 11.6 Å². The fraction of sp³-hybridized carbons (Fsp3) is 0.292. The van der Waals surface area contributed by atoms with Gasteiger partial charge in [0, 0.05) is 47.7 Å². The Morgan fingerprint density at radius 3 is 2.61 bits per heavy atom. The van der Waals surface area contributed by atoms with E-state index in [2.05, 4.69) is 25.5 Å². The molecule has 1 aliphatic carbocycles. The monoisotopic (exact) mass is 503 g/mol. The van der Waals surface area contributed by atoms with Crippen molar-refractivity contribution in [3.8, 4) is 11.1 Å². The third-order valence-electron chi connectivity index (χ3n) is 5.98. The molecule has 186 valence electrons. The molecule has 0 radical (unpaired) electrons. The summed E-state index contributed by atoms with van der Waals surface area (Å²) in [5.74, 6) is -1.46. The van der Waals surface area contributed by atoms with Gasteiger partial charge < -0.3 is 9.84 Å². The lowest BCUT2D eigenvalue weighted by atomic mass is 10.0. The van der Waals surface area contributed by atoms with Crippen molar-refractivity contribution in [2.75, 3.05) is 5.32 Å². The van der Waals surface area contributed by atoms with Crippen LogP contribution in [0.4, 0.5) is 23.4 Å². The lowest BCUT2D eigenvalue weighted by molar-refractivity contribution is -0.165. The lowest BCUT2D eigenvalue weighted by Crippen LogP contribution is -2.28. The highest BCUT2D eigenvalue weighted by molar-refractivity contribution is 5.91. The van der Waals surface area contributed by atoms with Crippen LogP contribution in [0.3, 0.4) is 0 Å². The van der Waals surface area contributed by atoms with E-state index in [9.17, 15) is 22.4 Å². The fourth-order valence-corrected chi connectivity index (χ4v) is 3.81. The van der Waals surface area contributed by atoms with Crippen molar-refractivity contribution < 1.29 is 31.0 Å². The number of alkyl halides is 3. The van der Waals surface area contributed by atoms with E-state index in [4.69, 9.17) is 8.64 Å². The molecule has 1 N–H and O–H groups in total. The first-order valence-electron chi connectivity index (χ1n) is 12.3. The molecule has 1 fully saturated rings. The SMILES string of the molecule is [2H]C([2H])([2H])n1cc(Cc2ncc(-c3ccc(CC(=O)Nc4cc(C5(C(F)(F)F)CC5)on4)c(F)c3)cn2)cn1. The van der Waals surface area contributed by atoms with Crippen molar-refractivity contribution in [3.05, 3.63) is 77.6 Å². The smallest absolute Gasteiger partial charge is 0.358 e. The fourth-order valence-electron chi connectivity index (χ4n) is 3.81. The van der Waals surface area contributed by atoms with Crippen LogP contribution in [0.25, 0.3) is 11.1 Å². The summed E-state index contributed by atoms with van der Waals surface area (Å²) < 4.78 is 82.3. The number of carbonyl (C=O) groups is 1. The average Bonchev–Trinajstić information content (AvgIpc) is 3.33. The molecule has 3 aromatic heterocycles. The molecule has 1 amide bonds. The molecular weight excluding hydrogens is 480 g/mol. The van der Waals surface area contributed by atoms with Gasteiger partial charge in [0.2, 0.25) is 5.91 Å². The highest BCUT2D eigenvalue weighted by atomic mass is 19.4. The largest absolute Gasteiger partial charge is 0.401 e. The second-order valence-corrected chi connectivity index (χ2v) is 8.55. The van der Waals surface area contributed by atoms with Crippen molar-refractivity contribution >= 4 is 11.7 Å². The number of halogens is 4. The minimum atomic E-state index is -4.48. The topological polar surface area (TPSA) is 98.7 Å². The van der Waals surface area contributed by atoms with E-state index < -0.39 is 30.3 Å². The standard InChI is InChI=1S/C24H20F4N6O2/c1-34-13-14(10-31-34)6-20-29-11-17(12-30-20)15-2-3-16(18(25)7-15)8-22(35)32-21-9-19(36-33-21)23(4-5-23)24(26,27)28/h2-3,7,9-13H,4-6,8H2,1H3,(H,32,33,35)/i1D3. The van der Waals surface area contributed by atoms with E-state index in [0.29, 0.717) is 22.5 Å². The van der Waals surface area contributed by atoms with Crippen LogP contribution >= 0.6 is 0 Å². The number of rotatable bonds is 7. The van der Waals surface area contributed by atoms with Gasteiger partial charge in [-0.2, -0.15) is 18.3 Å². The van der Waals surface area contributed by atoms with E-state index in [1.807, 2.05) is 0 Å². The quantitative estimate of drug-likeness (QED) is 0.376. The number of hydrogen-bond donors (Lipinski definition) is 1. The second kappa shape index (κ2) is 8.85. The number of hydrogen-bond acceptors (Lipinski definition) is 6. The van der Waals surface area contributed by atoms with Crippen LogP contribution in [0, 0.1) is 5.82 Å². The van der Waals surface area contributed by atoms with Gasteiger partial charge in [0.1, 0.15) is 17.1 Å². The molecule has 1 saturated carbocycles. The molecule has 0 bridgehead atoms. The van der Waals surface area contributed by atoms with E-state index in [0.717, 1.165) is 10.7 Å². The molecule has 3 heterocycles. The Kier molecular flexibility index (Phi) is 4.95. The van der Waals surface area contributed by atoms with E-state index >= 15 is 0 Å². The van der Waals surface area contributed by atoms with Crippen molar-refractivity contribution in [3.63, 3.8) is 0 Å². The van der Waals surface area contributed by atoms with Gasteiger partial charge in [0.25, 0.3) is 0 Å². The van der Waals surface area contributed by atoms with Gasteiger partial charge in [-0.3, -0.25) is 9.48 Å². The van der Waals surface area contributed by atoms with E-state index in [-0.39, 0.29) is 42.8 Å². The Hall–Kier alpha value is -4.09. The van der Waals surface area contributed by atoms with Crippen molar-refractivity contribution in [1.82, 2.24) is 24.9 Å².